The van der Waals surface area contributed by atoms with E-state index in [4.69, 9.17) is 16.3 Å². The normalized spacial score (nSPS) is 9.93. The zero-order valence-electron chi connectivity index (χ0n) is 15.0. The van der Waals surface area contributed by atoms with Crippen molar-refractivity contribution in [1.82, 2.24) is 5.32 Å². The van der Waals surface area contributed by atoms with E-state index in [1.54, 1.807) is 36.4 Å². The summed E-state index contributed by atoms with van der Waals surface area (Å²) in [5.74, 6) is -1.95. The third-order valence-corrected chi connectivity index (χ3v) is 3.60. The largest absolute Gasteiger partial charge is 0.454 e. The number of halogens is 1. The number of benzene rings is 2. The highest BCUT2D eigenvalue weighted by Gasteiger charge is 2.11. The van der Waals surface area contributed by atoms with Gasteiger partial charge in [-0.05, 0) is 48.5 Å². The van der Waals surface area contributed by atoms with E-state index >= 15 is 0 Å². The Labute approximate surface area is 166 Å². The second kappa shape index (κ2) is 10.1. The summed E-state index contributed by atoms with van der Waals surface area (Å²) in [6.45, 7) is 0.519. The first kappa shape index (κ1) is 20.9. The highest BCUT2D eigenvalue weighted by Crippen LogP contribution is 2.13. The zero-order valence-corrected chi connectivity index (χ0v) is 15.7. The number of amides is 3. The molecule has 2 aromatic rings. The molecule has 2 aromatic carbocycles. The SMILES string of the molecule is CC(=O)Nc1ccc(NC(=O)COC(=O)CNC(=O)c2ccc(Cl)cc2)cc1. The van der Waals surface area contributed by atoms with Crippen molar-refractivity contribution in [2.24, 2.45) is 0 Å². The minimum atomic E-state index is -0.751. The Hall–Kier alpha value is -3.39. The predicted molar refractivity (Wildman–Crippen MR) is 104 cm³/mol. The summed E-state index contributed by atoms with van der Waals surface area (Å²) in [5.41, 5.74) is 1.41. The molecule has 0 heterocycles. The van der Waals surface area contributed by atoms with Gasteiger partial charge in [-0.1, -0.05) is 11.6 Å². The predicted octanol–water partition coefficient (Wildman–Crippen LogP) is 2.21. The smallest absolute Gasteiger partial charge is 0.325 e. The number of esters is 1. The highest BCUT2D eigenvalue weighted by atomic mass is 35.5. The van der Waals surface area contributed by atoms with Gasteiger partial charge in [0.1, 0.15) is 6.54 Å². The molecule has 0 aliphatic rings. The molecule has 0 aliphatic heterocycles. The van der Waals surface area contributed by atoms with Crippen molar-refractivity contribution in [2.75, 3.05) is 23.8 Å². The van der Waals surface area contributed by atoms with Gasteiger partial charge < -0.3 is 20.7 Å². The molecule has 0 radical (unpaired) electrons. The molecular formula is C19H18ClN3O5. The lowest BCUT2D eigenvalue weighted by atomic mass is 10.2. The molecule has 9 heteroatoms. The number of carbonyl (C=O) groups excluding carboxylic acids is 4. The molecular weight excluding hydrogens is 386 g/mol. The number of hydrogen-bond donors (Lipinski definition) is 3. The summed E-state index contributed by atoms with van der Waals surface area (Å²) in [4.78, 5) is 46.3. The fraction of sp³-hybridized carbons (Fsp3) is 0.158. The van der Waals surface area contributed by atoms with Crippen molar-refractivity contribution < 1.29 is 23.9 Å². The van der Waals surface area contributed by atoms with E-state index in [0.29, 0.717) is 22.0 Å². The molecule has 0 saturated carbocycles. The second-order valence-corrected chi connectivity index (χ2v) is 6.09. The number of nitrogens with one attached hydrogen (secondary N) is 3. The van der Waals surface area contributed by atoms with Crippen LogP contribution in [-0.2, 0) is 19.1 Å². The summed E-state index contributed by atoms with van der Waals surface area (Å²) in [5, 5.41) is 8.03. The van der Waals surface area contributed by atoms with E-state index in [-0.39, 0.29) is 12.5 Å². The monoisotopic (exact) mass is 403 g/mol. The molecule has 3 amide bonds. The van der Waals surface area contributed by atoms with Crippen molar-refractivity contribution in [1.29, 1.82) is 0 Å². The van der Waals surface area contributed by atoms with E-state index in [0.717, 1.165) is 0 Å². The average molecular weight is 404 g/mol. The first-order chi connectivity index (χ1) is 13.3. The van der Waals surface area contributed by atoms with Crippen LogP contribution in [0.2, 0.25) is 5.02 Å². The first-order valence-electron chi connectivity index (χ1n) is 8.20. The van der Waals surface area contributed by atoms with Gasteiger partial charge >= 0.3 is 5.97 Å². The molecule has 0 spiro atoms. The molecule has 0 unspecified atom stereocenters. The third-order valence-electron chi connectivity index (χ3n) is 3.35. The number of carbonyl (C=O) groups is 4. The van der Waals surface area contributed by atoms with Gasteiger partial charge in [0.15, 0.2) is 6.61 Å². The van der Waals surface area contributed by atoms with E-state index < -0.39 is 24.4 Å². The van der Waals surface area contributed by atoms with E-state index in [9.17, 15) is 19.2 Å². The minimum absolute atomic E-state index is 0.202. The lowest BCUT2D eigenvalue weighted by molar-refractivity contribution is -0.146. The van der Waals surface area contributed by atoms with E-state index in [1.807, 2.05) is 0 Å². The Kier molecular flexibility index (Phi) is 7.53. The van der Waals surface area contributed by atoms with Crippen molar-refractivity contribution in [3.8, 4) is 0 Å². The number of rotatable bonds is 7. The van der Waals surface area contributed by atoms with Crippen LogP contribution in [0.25, 0.3) is 0 Å². The lowest BCUT2D eigenvalue weighted by Crippen LogP contribution is -2.32. The fourth-order valence-electron chi connectivity index (χ4n) is 2.09. The highest BCUT2D eigenvalue weighted by molar-refractivity contribution is 6.30. The Bertz CT molecular complexity index is 866. The molecule has 0 aliphatic carbocycles. The molecule has 28 heavy (non-hydrogen) atoms. The van der Waals surface area contributed by atoms with Crippen LogP contribution in [0.1, 0.15) is 17.3 Å². The van der Waals surface area contributed by atoms with Crippen LogP contribution >= 0.6 is 11.6 Å². The van der Waals surface area contributed by atoms with Crippen LogP contribution in [0.4, 0.5) is 11.4 Å². The summed E-state index contributed by atoms with van der Waals surface area (Å²) in [6.07, 6.45) is 0. The maximum Gasteiger partial charge on any atom is 0.325 e. The molecule has 0 fully saturated rings. The van der Waals surface area contributed by atoms with Gasteiger partial charge in [0.25, 0.3) is 11.8 Å². The molecule has 3 N–H and O–H groups in total. The van der Waals surface area contributed by atoms with Gasteiger partial charge in [-0.25, -0.2) is 0 Å². The molecule has 0 atom stereocenters. The summed E-state index contributed by atoms with van der Waals surface area (Å²) in [6, 6.07) is 12.6. The molecule has 0 bridgehead atoms. The summed E-state index contributed by atoms with van der Waals surface area (Å²) < 4.78 is 4.81. The quantitative estimate of drug-likeness (QED) is 0.613. The zero-order chi connectivity index (χ0) is 20.5. The molecule has 2 rings (SSSR count). The van der Waals surface area contributed by atoms with Crippen molar-refractivity contribution in [3.63, 3.8) is 0 Å². The van der Waals surface area contributed by atoms with Crippen LogP contribution in [-0.4, -0.2) is 36.8 Å². The fourth-order valence-corrected chi connectivity index (χ4v) is 2.22. The minimum Gasteiger partial charge on any atom is -0.454 e. The summed E-state index contributed by atoms with van der Waals surface area (Å²) in [7, 11) is 0. The van der Waals surface area contributed by atoms with Gasteiger partial charge in [0, 0.05) is 28.9 Å². The van der Waals surface area contributed by atoms with Gasteiger partial charge in [-0.15, -0.1) is 0 Å². The Morgan fingerprint density at radius 3 is 2.04 bits per heavy atom. The number of anilines is 2. The molecule has 0 saturated heterocycles. The second-order valence-electron chi connectivity index (χ2n) is 5.66. The first-order valence-corrected chi connectivity index (χ1v) is 8.58. The van der Waals surface area contributed by atoms with Crippen molar-refractivity contribution in [3.05, 3.63) is 59.1 Å². The number of hydrogen-bond acceptors (Lipinski definition) is 5. The van der Waals surface area contributed by atoms with Crippen LogP contribution in [0.3, 0.4) is 0 Å². The maximum absolute atomic E-state index is 11.9. The average Bonchev–Trinajstić information content (AvgIpc) is 2.66. The molecule has 8 nitrogen and oxygen atoms in total. The Balaban J connectivity index is 1.71. The van der Waals surface area contributed by atoms with E-state index in [2.05, 4.69) is 16.0 Å². The van der Waals surface area contributed by atoms with Crippen LogP contribution in [0, 0.1) is 0 Å². The maximum atomic E-state index is 11.9. The van der Waals surface area contributed by atoms with Gasteiger partial charge in [-0.3, -0.25) is 19.2 Å². The van der Waals surface area contributed by atoms with Crippen LogP contribution in [0.15, 0.2) is 48.5 Å². The van der Waals surface area contributed by atoms with Crippen molar-refractivity contribution in [2.45, 2.75) is 6.92 Å². The van der Waals surface area contributed by atoms with E-state index in [1.165, 1.54) is 19.1 Å². The Morgan fingerprint density at radius 1 is 0.893 bits per heavy atom. The Morgan fingerprint density at radius 2 is 1.46 bits per heavy atom. The van der Waals surface area contributed by atoms with Crippen LogP contribution in [0.5, 0.6) is 0 Å². The molecule has 0 aromatic heterocycles. The van der Waals surface area contributed by atoms with Crippen molar-refractivity contribution >= 4 is 46.7 Å². The topological polar surface area (TPSA) is 114 Å². The van der Waals surface area contributed by atoms with Gasteiger partial charge in [-0.2, -0.15) is 0 Å². The number of ether oxygens (including phenoxy) is 1. The van der Waals surface area contributed by atoms with Gasteiger partial charge in [0.2, 0.25) is 5.91 Å². The standard InChI is InChI=1S/C19H18ClN3O5/c1-12(24)22-15-6-8-16(9-7-15)23-17(25)11-28-18(26)10-21-19(27)13-2-4-14(20)5-3-13/h2-9H,10-11H2,1H3,(H,21,27)(H,22,24)(H,23,25). The van der Waals surface area contributed by atoms with Gasteiger partial charge in [0.05, 0.1) is 0 Å². The third kappa shape index (κ3) is 7.08. The molecule has 146 valence electrons. The van der Waals surface area contributed by atoms with Crippen LogP contribution < -0.4 is 16.0 Å². The lowest BCUT2D eigenvalue weighted by Gasteiger charge is -2.08. The summed E-state index contributed by atoms with van der Waals surface area (Å²) >= 11 is 5.74.